The van der Waals surface area contributed by atoms with Crippen LogP contribution in [0.5, 0.6) is 0 Å². The molecule has 0 saturated carbocycles. The first kappa shape index (κ1) is 25.8. The quantitative estimate of drug-likeness (QED) is 0.496. The van der Waals surface area contributed by atoms with Gasteiger partial charge in [0.25, 0.3) is 11.8 Å². The normalized spacial score (nSPS) is 19.7. The van der Waals surface area contributed by atoms with Gasteiger partial charge in [0.05, 0.1) is 11.6 Å². The molecule has 1 fully saturated rings. The van der Waals surface area contributed by atoms with Crippen LogP contribution in [0.2, 0.25) is 0 Å². The summed E-state index contributed by atoms with van der Waals surface area (Å²) >= 11 is 0. The number of carbonyl (C=O) groups is 3. The number of aryl methyl sites for hydroxylation is 2. The zero-order valence-electron chi connectivity index (χ0n) is 21.6. The standard InChI is InChI=1S/C26H33BFN3O5/c1-7-20(26(4,5)6)31(25(34)18-11-15(2)10-16(3)12-18)30-24(33)19-9-8-17-14-35-27(22(17)23(19)28)29-13-21(32)36-27/h8-12,20H,7,13-14,29H2,1-6H3,(H,30,33). The Labute approximate surface area is 210 Å². The van der Waals surface area contributed by atoms with Gasteiger partial charge in [0.1, 0.15) is 12.4 Å². The van der Waals surface area contributed by atoms with Crippen molar-refractivity contribution in [2.24, 2.45) is 5.41 Å². The monoisotopic (exact) mass is 497 g/mol. The molecule has 2 heterocycles. The average molecular weight is 497 g/mol. The van der Waals surface area contributed by atoms with Gasteiger partial charge in [0, 0.05) is 12.2 Å². The molecule has 1 spiro atoms. The number of benzene rings is 2. The van der Waals surface area contributed by atoms with Crippen molar-refractivity contribution >= 4 is 29.9 Å². The topological polar surface area (TPSA) is 102 Å². The Morgan fingerprint density at radius 2 is 1.86 bits per heavy atom. The first-order valence-electron chi connectivity index (χ1n) is 12.3. The van der Waals surface area contributed by atoms with Gasteiger partial charge in [-0.2, -0.15) is 0 Å². The number of nitrogens with zero attached hydrogens (tertiary/aromatic N) is 1. The van der Waals surface area contributed by atoms with Crippen molar-refractivity contribution in [3.05, 3.63) is 64.0 Å². The largest absolute Gasteiger partial charge is 0.607 e. The summed E-state index contributed by atoms with van der Waals surface area (Å²) in [6.45, 7) is 9.38. The third-order valence-corrected chi connectivity index (χ3v) is 6.91. The van der Waals surface area contributed by atoms with Crippen LogP contribution >= 0.6 is 0 Å². The van der Waals surface area contributed by atoms with E-state index < -0.39 is 24.4 Å². The molecule has 2 aromatic rings. The lowest BCUT2D eigenvalue weighted by Crippen LogP contribution is -3.01. The summed E-state index contributed by atoms with van der Waals surface area (Å²) < 4.78 is 26.9. The van der Waals surface area contributed by atoms with E-state index in [2.05, 4.69) is 5.43 Å². The number of nitrogens with two attached hydrogens (primary N) is 1. The summed E-state index contributed by atoms with van der Waals surface area (Å²) in [6.07, 6.45) is 0.567. The highest BCUT2D eigenvalue weighted by atomic mass is 19.1. The van der Waals surface area contributed by atoms with Gasteiger partial charge in [-0.25, -0.2) is 9.40 Å². The molecule has 2 unspecified atom stereocenters. The number of nitrogens with one attached hydrogen (secondary N) is 1. The van der Waals surface area contributed by atoms with Crippen LogP contribution in [0.3, 0.4) is 0 Å². The van der Waals surface area contributed by atoms with E-state index in [-0.39, 0.29) is 41.5 Å². The molecular weight excluding hydrogens is 464 g/mol. The highest BCUT2D eigenvalue weighted by Crippen LogP contribution is 2.28. The summed E-state index contributed by atoms with van der Waals surface area (Å²) in [6, 6.07) is 8.11. The van der Waals surface area contributed by atoms with E-state index in [9.17, 15) is 14.4 Å². The summed E-state index contributed by atoms with van der Waals surface area (Å²) in [5.41, 5.74) is 4.98. The number of carbonyl (C=O) groups excluding carboxylic acids is 3. The molecule has 2 aliphatic heterocycles. The number of quaternary nitrogens is 1. The van der Waals surface area contributed by atoms with Crippen LogP contribution in [-0.4, -0.2) is 42.1 Å². The maximum Gasteiger partial charge on any atom is 0.558 e. The van der Waals surface area contributed by atoms with Crippen molar-refractivity contribution in [2.75, 3.05) is 6.54 Å². The SMILES string of the molecule is CCC(N(NC(=O)c1ccc2c(c1F)[B-]1([NH2+]CC(=O)O1)OC2)C(=O)c1cc(C)cc(C)c1)C(C)(C)C. The fourth-order valence-electron chi connectivity index (χ4n) is 5.35. The van der Waals surface area contributed by atoms with E-state index in [1.807, 2.05) is 47.6 Å². The van der Waals surface area contributed by atoms with Crippen LogP contribution < -0.4 is 16.1 Å². The predicted molar refractivity (Wildman–Crippen MR) is 133 cm³/mol. The van der Waals surface area contributed by atoms with Crippen molar-refractivity contribution in [3.8, 4) is 0 Å². The number of amides is 2. The molecule has 0 radical (unpaired) electrons. The van der Waals surface area contributed by atoms with Gasteiger partial charge in [-0.05, 0) is 54.9 Å². The van der Waals surface area contributed by atoms with Crippen molar-refractivity contribution in [3.63, 3.8) is 0 Å². The molecule has 10 heteroatoms. The molecule has 0 aliphatic carbocycles. The molecular formula is C26H33BFN3O5. The third-order valence-electron chi connectivity index (χ3n) is 6.91. The Morgan fingerprint density at radius 3 is 2.42 bits per heavy atom. The minimum absolute atomic E-state index is 0.0112. The third kappa shape index (κ3) is 4.63. The van der Waals surface area contributed by atoms with Crippen molar-refractivity contribution in [1.29, 1.82) is 0 Å². The molecule has 0 bridgehead atoms. The minimum atomic E-state index is -2.41. The second kappa shape index (κ2) is 9.33. The maximum absolute atomic E-state index is 15.8. The zero-order chi connectivity index (χ0) is 26.4. The van der Waals surface area contributed by atoms with Gasteiger partial charge >= 0.3 is 12.7 Å². The number of halogens is 1. The van der Waals surface area contributed by atoms with Gasteiger partial charge in [0.2, 0.25) is 0 Å². The Hall–Kier alpha value is -3.24. The lowest BCUT2D eigenvalue weighted by atomic mass is 9.64. The Kier molecular flexibility index (Phi) is 6.70. The van der Waals surface area contributed by atoms with Crippen LogP contribution in [0.15, 0.2) is 30.3 Å². The number of hydrogen-bond acceptors (Lipinski definition) is 5. The first-order valence-corrected chi connectivity index (χ1v) is 12.3. The summed E-state index contributed by atoms with van der Waals surface area (Å²) in [5, 5.41) is 2.85. The highest BCUT2D eigenvalue weighted by molar-refractivity contribution is 6.76. The summed E-state index contributed by atoms with van der Waals surface area (Å²) in [4.78, 5) is 39.0. The van der Waals surface area contributed by atoms with Crippen LogP contribution in [0.25, 0.3) is 0 Å². The number of fused-ring (bicyclic) bond motifs is 2. The summed E-state index contributed by atoms with van der Waals surface area (Å²) in [7, 11) is 0. The molecule has 1 saturated heterocycles. The fourth-order valence-corrected chi connectivity index (χ4v) is 5.35. The molecule has 3 N–H and O–H groups in total. The first-order chi connectivity index (χ1) is 16.9. The second-order valence-corrected chi connectivity index (χ2v) is 10.8. The average Bonchev–Trinajstić information content (AvgIpc) is 3.34. The molecule has 36 heavy (non-hydrogen) atoms. The molecule has 0 aromatic heterocycles. The second-order valence-electron chi connectivity index (χ2n) is 10.8. The number of hydrogen-bond donors (Lipinski definition) is 2. The van der Waals surface area contributed by atoms with Crippen LogP contribution in [0.4, 0.5) is 4.39 Å². The van der Waals surface area contributed by atoms with E-state index >= 15 is 4.39 Å². The van der Waals surface area contributed by atoms with Gasteiger partial charge in [0.15, 0.2) is 0 Å². The van der Waals surface area contributed by atoms with E-state index in [4.69, 9.17) is 9.31 Å². The predicted octanol–water partition coefficient (Wildman–Crippen LogP) is 1.85. The molecule has 4 rings (SSSR count). The van der Waals surface area contributed by atoms with Gasteiger partial charge in [-0.1, -0.05) is 51.0 Å². The number of rotatable bonds is 4. The van der Waals surface area contributed by atoms with E-state index in [0.717, 1.165) is 11.1 Å². The molecule has 2 atom stereocenters. The van der Waals surface area contributed by atoms with E-state index in [1.54, 1.807) is 18.2 Å². The van der Waals surface area contributed by atoms with E-state index in [1.165, 1.54) is 16.3 Å². The van der Waals surface area contributed by atoms with Crippen LogP contribution in [0.1, 0.15) is 71.5 Å². The summed E-state index contributed by atoms with van der Waals surface area (Å²) in [5.74, 6) is -2.45. The fraction of sp³-hybridized carbons (Fsp3) is 0.423. The molecule has 192 valence electrons. The smallest absolute Gasteiger partial charge is 0.558 e. The number of hydrazine groups is 1. The molecule has 2 aliphatic rings. The molecule has 8 nitrogen and oxygen atoms in total. The van der Waals surface area contributed by atoms with E-state index in [0.29, 0.717) is 17.5 Å². The maximum atomic E-state index is 15.8. The zero-order valence-corrected chi connectivity index (χ0v) is 21.6. The Morgan fingerprint density at radius 1 is 1.19 bits per heavy atom. The van der Waals surface area contributed by atoms with Crippen molar-refractivity contribution in [1.82, 2.24) is 10.4 Å². The Bertz CT molecular complexity index is 1220. The lowest BCUT2D eigenvalue weighted by Gasteiger charge is -2.39. The Balaban J connectivity index is 1.72. The van der Waals surface area contributed by atoms with Crippen molar-refractivity contribution in [2.45, 2.75) is 60.6 Å². The minimum Gasteiger partial charge on any atom is -0.607 e. The van der Waals surface area contributed by atoms with Crippen LogP contribution in [-0.2, 0) is 20.7 Å². The van der Waals surface area contributed by atoms with Crippen molar-refractivity contribution < 1.29 is 33.3 Å². The molecule has 2 amide bonds. The van der Waals surface area contributed by atoms with Gasteiger partial charge < -0.3 is 14.5 Å². The highest BCUT2D eigenvalue weighted by Gasteiger charge is 2.53. The van der Waals surface area contributed by atoms with Crippen LogP contribution in [0, 0.1) is 25.1 Å². The van der Waals surface area contributed by atoms with Gasteiger partial charge in [-0.15, -0.1) is 0 Å². The lowest BCUT2D eigenvalue weighted by molar-refractivity contribution is -0.528. The van der Waals surface area contributed by atoms with Gasteiger partial charge in [-0.3, -0.25) is 19.8 Å². The molecule has 2 aromatic carbocycles.